The first-order valence-corrected chi connectivity index (χ1v) is 6.12. The molecule has 110 valence electrons. The van der Waals surface area contributed by atoms with Gasteiger partial charge in [-0.05, 0) is 18.2 Å². The van der Waals surface area contributed by atoms with E-state index in [1.165, 1.54) is 12.0 Å². The zero-order valence-corrected chi connectivity index (χ0v) is 11.9. The molecule has 1 rings (SSSR count). The van der Waals surface area contributed by atoms with Gasteiger partial charge in [0.2, 0.25) is 0 Å². The van der Waals surface area contributed by atoms with Crippen LogP contribution >= 0.6 is 0 Å². The first-order valence-electron chi connectivity index (χ1n) is 6.12. The van der Waals surface area contributed by atoms with Crippen LogP contribution in [0.4, 0.5) is 16.2 Å². The Hall–Kier alpha value is -2.44. The molecule has 1 aromatic rings. The van der Waals surface area contributed by atoms with Gasteiger partial charge in [0.25, 0.3) is 0 Å². The topological polar surface area (TPSA) is 96.7 Å². The first-order chi connectivity index (χ1) is 9.45. The molecule has 7 heteroatoms. The van der Waals surface area contributed by atoms with Crippen LogP contribution in [0.3, 0.4) is 0 Å². The largest absolute Gasteiger partial charge is 0.465 e. The summed E-state index contributed by atoms with van der Waals surface area (Å²) in [7, 11) is 4.64. The second-order valence-electron chi connectivity index (χ2n) is 4.35. The van der Waals surface area contributed by atoms with Crippen LogP contribution in [0.2, 0.25) is 0 Å². The van der Waals surface area contributed by atoms with Crippen molar-refractivity contribution in [3.8, 4) is 0 Å². The Morgan fingerprint density at radius 1 is 1.30 bits per heavy atom. The van der Waals surface area contributed by atoms with Gasteiger partial charge < -0.3 is 26.0 Å². The smallest absolute Gasteiger partial charge is 0.340 e. The summed E-state index contributed by atoms with van der Waals surface area (Å²) in [5.74, 6) is -0.461. The number of anilines is 2. The summed E-state index contributed by atoms with van der Waals surface area (Å²) < 4.78 is 4.70. The molecule has 1 aromatic carbocycles. The summed E-state index contributed by atoms with van der Waals surface area (Å²) in [4.78, 5) is 24.4. The van der Waals surface area contributed by atoms with Gasteiger partial charge >= 0.3 is 12.0 Å². The molecule has 0 aliphatic heterocycles. The summed E-state index contributed by atoms with van der Waals surface area (Å²) >= 11 is 0. The van der Waals surface area contributed by atoms with E-state index in [1.54, 1.807) is 32.3 Å². The van der Waals surface area contributed by atoms with Crippen molar-refractivity contribution in [2.75, 3.05) is 45.3 Å². The average Bonchev–Trinajstić information content (AvgIpc) is 2.43. The SMILES string of the molecule is COC(=O)c1cc(N)ccc1NCCNC(=O)N(C)C. The highest BCUT2D eigenvalue weighted by molar-refractivity contribution is 5.96. The predicted molar refractivity (Wildman–Crippen MR) is 77.8 cm³/mol. The standard InChI is InChI=1S/C13H20N4O3/c1-17(2)13(19)16-7-6-15-11-5-4-9(14)8-10(11)12(18)20-3/h4-5,8,15H,6-7,14H2,1-3H3,(H,16,19). The molecule has 0 heterocycles. The lowest BCUT2D eigenvalue weighted by atomic mass is 10.1. The maximum Gasteiger partial charge on any atom is 0.340 e. The third-order valence-electron chi connectivity index (χ3n) is 2.57. The van der Waals surface area contributed by atoms with Crippen molar-refractivity contribution in [2.45, 2.75) is 0 Å². The lowest BCUT2D eigenvalue weighted by molar-refractivity contribution is 0.0602. The lowest BCUT2D eigenvalue weighted by Gasteiger charge is -2.14. The third kappa shape index (κ3) is 4.34. The highest BCUT2D eigenvalue weighted by atomic mass is 16.5. The molecule has 0 aliphatic rings. The van der Waals surface area contributed by atoms with Crippen LogP contribution in [-0.2, 0) is 4.74 Å². The van der Waals surface area contributed by atoms with E-state index in [2.05, 4.69) is 10.6 Å². The number of nitrogens with zero attached hydrogens (tertiary/aromatic N) is 1. The van der Waals surface area contributed by atoms with E-state index >= 15 is 0 Å². The summed E-state index contributed by atoms with van der Waals surface area (Å²) in [6.45, 7) is 0.912. The van der Waals surface area contributed by atoms with Crippen LogP contribution in [0.1, 0.15) is 10.4 Å². The van der Waals surface area contributed by atoms with E-state index in [0.29, 0.717) is 30.0 Å². The van der Waals surface area contributed by atoms with Gasteiger partial charge in [-0.2, -0.15) is 0 Å². The Labute approximate surface area is 118 Å². The number of ether oxygens (including phenoxy) is 1. The molecular weight excluding hydrogens is 260 g/mol. The van der Waals surface area contributed by atoms with Gasteiger partial charge in [-0.25, -0.2) is 9.59 Å². The number of hydrogen-bond acceptors (Lipinski definition) is 5. The van der Waals surface area contributed by atoms with E-state index < -0.39 is 5.97 Å². The molecule has 2 amide bonds. The molecule has 0 fully saturated rings. The highest BCUT2D eigenvalue weighted by Crippen LogP contribution is 2.19. The van der Waals surface area contributed by atoms with E-state index in [9.17, 15) is 9.59 Å². The molecule has 0 aliphatic carbocycles. The van der Waals surface area contributed by atoms with Crippen LogP contribution < -0.4 is 16.4 Å². The monoisotopic (exact) mass is 280 g/mol. The van der Waals surface area contributed by atoms with E-state index in [1.807, 2.05) is 0 Å². The van der Waals surface area contributed by atoms with Crippen molar-refractivity contribution >= 4 is 23.4 Å². The highest BCUT2D eigenvalue weighted by Gasteiger charge is 2.12. The van der Waals surface area contributed by atoms with Crippen molar-refractivity contribution in [1.29, 1.82) is 0 Å². The molecule has 0 spiro atoms. The predicted octanol–water partition coefficient (Wildman–Crippen LogP) is 0.739. The Kier molecular flexibility index (Phi) is 5.64. The van der Waals surface area contributed by atoms with Gasteiger partial charge in [0.05, 0.1) is 12.7 Å². The number of benzene rings is 1. The molecule has 0 aromatic heterocycles. The first kappa shape index (κ1) is 15.6. The Balaban J connectivity index is 2.60. The second kappa shape index (κ2) is 7.22. The number of esters is 1. The van der Waals surface area contributed by atoms with Crippen molar-refractivity contribution in [2.24, 2.45) is 0 Å². The zero-order valence-electron chi connectivity index (χ0n) is 11.9. The quantitative estimate of drug-likeness (QED) is 0.420. The lowest BCUT2D eigenvalue weighted by Crippen LogP contribution is -2.37. The fourth-order valence-electron chi connectivity index (χ4n) is 1.52. The molecule has 0 bridgehead atoms. The molecule has 0 saturated carbocycles. The number of nitrogen functional groups attached to an aromatic ring is 1. The van der Waals surface area contributed by atoms with Gasteiger partial charge in [0, 0.05) is 38.6 Å². The molecule has 0 atom stereocenters. The fourth-order valence-corrected chi connectivity index (χ4v) is 1.52. The minimum Gasteiger partial charge on any atom is -0.465 e. The van der Waals surface area contributed by atoms with Gasteiger partial charge in [-0.1, -0.05) is 0 Å². The number of nitrogens with two attached hydrogens (primary N) is 1. The molecular formula is C13H20N4O3. The molecule has 0 unspecified atom stereocenters. The summed E-state index contributed by atoms with van der Waals surface area (Å²) in [6.07, 6.45) is 0. The number of hydrogen-bond donors (Lipinski definition) is 3. The summed E-state index contributed by atoms with van der Waals surface area (Å²) in [5.41, 5.74) is 7.12. The van der Waals surface area contributed by atoms with Crippen LogP contribution in [0.15, 0.2) is 18.2 Å². The van der Waals surface area contributed by atoms with Crippen molar-refractivity contribution in [3.63, 3.8) is 0 Å². The summed E-state index contributed by atoms with van der Waals surface area (Å²) in [5, 5.41) is 5.77. The number of amides is 2. The van der Waals surface area contributed by atoms with Crippen LogP contribution in [0.25, 0.3) is 0 Å². The zero-order chi connectivity index (χ0) is 15.1. The van der Waals surface area contributed by atoms with Crippen LogP contribution in [0.5, 0.6) is 0 Å². The number of urea groups is 1. The molecule has 0 saturated heterocycles. The summed E-state index contributed by atoms with van der Waals surface area (Å²) in [6, 6.07) is 4.77. The number of carbonyl (C=O) groups is 2. The number of nitrogens with one attached hydrogen (secondary N) is 2. The minimum atomic E-state index is -0.461. The molecule has 20 heavy (non-hydrogen) atoms. The third-order valence-corrected chi connectivity index (χ3v) is 2.57. The van der Waals surface area contributed by atoms with E-state index in [-0.39, 0.29) is 6.03 Å². The Morgan fingerprint density at radius 2 is 2.00 bits per heavy atom. The number of methoxy groups -OCH3 is 1. The second-order valence-corrected chi connectivity index (χ2v) is 4.35. The number of carbonyl (C=O) groups excluding carboxylic acids is 2. The van der Waals surface area contributed by atoms with Crippen LogP contribution in [-0.4, -0.2) is 51.2 Å². The molecule has 0 radical (unpaired) electrons. The van der Waals surface area contributed by atoms with Crippen molar-refractivity contribution in [3.05, 3.63) is 23.8 Å². The maximum absolute atomic E-state index is 11.6. The van der Waals surface area contributed by atoms with E-state index in [0.717, 1.165) is 0 Å². The fraction of sp³-hybridized carbons (Fsp3) is 0.385. The van der Waals surface area contributed by atoms with Gasteiger partial charge in [0.1, 0.15) is 0 Å². The van der Waals surface area contributed by atoms with Crippen LogP contribution in [0, 0.1) is 0 Å². The van der Waals surface area contributed by atoms with Gasteiger partial charge in [0.15, 0.2) is 0 Å². The van der Waals surface area contributed by atoms with E-state index in [4.69, 9.17) is 10.5 Å². The van der Waals surface area contributed by atoms with Crippen molar-refractivity contribution in [1.82, 2.24) is 10.2 Å². The minimum absolute atomic E-state index is 0.169. The van der Waals surface area contributed by atoms with Gasteiger partial charge in [-0.3, -0.25) is 0 Å². The van der Waals surface area contributed by atoms with Crippen molar-refractivity contribution < 1.29 is 14.3 Å². The Bertz CT molecular complexity index is 489. The average molecular weight is 280 g/mol. The molecule has 7 nitrogen and oxygen atoms in total. The maximum atomic E-state index is 11.6. The Morgan fingerprint density at radius 3 is 2.60 bits per heavy atom. The molecule has 4 N–H and O–H groups in total. The normalized spacial score (nSPS) is 9.75. The van der Waals surface area contributed by atoms with Gasteiger partial charge in [-0.15, -0.1) is 0 Å². The number of rotatable bonds is 5.